The molecular weight excluding hydrogens is 201 g/mol. The molecule has 0 spiro atoms. The Labute approximate surface area is 85.9 Å². The molecule has 1 aromatic carbocycles. The first-order valence-corrected chi connectivity index (χ1v) is 4.22. The van der Waals surface area contributed by atoms with Crippen molar-refractivity contribution in [2.24, 2.45) is 0 Å². The molecule has 15 heavy (non-hydrogen) atoms. The number of hydrogen-bond acceptors (Lipinski definition) is 2. The average molecular weight is 211 g/mol. The second-order valence-electron chi connectivity index (χ2n) is 3.03. The molecule has 5 heteroatoms. The normalized spacial score (nSPS) is 11.9. The zero-order valence-electron chi connectivity index (χ0n) is 8.05. The second kappa shape index (κ2) is 4.54. The highest BCUT2D eigenvalue weighted by atomic mass is 19.1. The minimum atomic E-state index is -1.29. The first-order valence-electron chi connectivity index (χ1n) is 4.22. The summed E-state index contributed by atoms with van der Waals surface area (Å²) in [5.74, 6) is -1.91. The molecule has 0 fully saturated rings. The Bertz CT molecular complexity index is 381. The summed E-state index contributed by atoms with van der Waals surface area (Å²) in [7, 11) is 1.29. The van der Waals surface area contributed by atoms with E-state index in [4.69, 9.17) is 5.11 Å². The highest BCUT2D eigenvalue weighted by molar-refractivity contribution is 5.78. The summed E-state index contributed by atoms with van der Waals surface area (Å²) in [4.78, 5) is 22.3. The Morgan fingerprint density at radius 1 is 1.53 bits per heavy atom. The lowest BCUT2D eigenvalue weighted by molar-refractivity contribution is -0.145. The van der Waals surface area contributed by atoms with Crippen molar-refractivity contribution in [3.63, 3.8) is 0 Å². The molecule has 0 aromatic heterocycles. The van der Waals surface area contributed by atoms with Crippen LogP contribution in [0.5, 0.6) is 0 Å². The Balaban J connectivity index is 3.15. The third-order valence-electron chi connectivity index (χ3n) is 2.01. The third-order valence-corrected chi connectivity index (χ3v) is 2.01. The number of halogens is 1. The van der Waals surface area contributed by atoms with Crippen molar-refractivity contribution < 1.29 is 19.1 Å². The lowest BCUT2D eigenvalue weighted by Gasteiger charge is -2.20. The van der Waals surface area contributed by atoms with E-state index in [2.05, 4.69) is 0 Å². The number of likely N-dealkylation sites (N-methyl/N-ethyl adjacent to an activating group) is 1. The van der Waals surface area contributed by atoms with Crippen LogP contribution in [-0.4, -0.2) is 29.4 Å². The Hall–Kier alpha value is -1.91. The van der Waals surface area contributed by atoms with Gasteiger partial charge in [0, 0.05) is 12.6 Å². The van der Waals surface area contributed by atoms with Crippen LogP contribution in [0.1, 0.15) is 11.6 Å². The molecule has 0 aliphatic carbocycles. The van der Waals surface area contributed by atoms with E-state index in [1.165, 1.54) is 25.2 Å². The van der Waals surface area contributed by atoms with E-state index in [-0.39, 0.29) is 5.56 Å². The van der Waals surface area contributed by atoms with Gasteiger partial charge in [-0.1, -0.05) is 18.2 Å². The number of carbonyl (C=O) groups is 2. The molecule has 4 nitrogen and oxygen atoms in total. The fourth-order valence-electron chi connectivity index (χ4n) is 1.28. The van der Waals surface area contributed by atoms with Gasteiger partial charge in [0.25, 0.3) is 0 Å². The number of nitrogens with zero attached hydrogens (tertiary/aromatic N) is 1. The van der Waals surface area contributed by atoms with E-state index in [0.717, 1.165) is 11.0 Å². The van der Waals surface area contributed by atoms with Gasteiger partial charge in [-0.05, 0) is 6.07 Å². The zero-order valence-corrected chi connectivity index (χ0v) is 8.05. The molecule has 1 rings (SSSR count). The Morgan fingerprint density at radius 2 is 2.13 bits per heavy atom. The molecule has 0 saturated heterocycles. The van der Waals surface area contributed by atoms with Gasteiger partial charge in [-0.3, -0.25) is 4.79 Å². The summed E-state index contributed by atoms with van der Waals surface area (Å²) in [6.45, 7) is 0. The van der Waals surface area contributed by atoms with Crippen LogP contribution in [-0.2, 0) is 9.59 Å². The SMILES string of the molecule is CN(C=O)C(C(=O)O)c1ccccc1F. The fraction of sp³-hybridized carbons (Fsp3) is 0.200. The van der Waals surface area contributed by atoms with Gasteiger partial charge in [-0.15, -0.1) is 0 Å². The number of benzene rings is 1. The second-order valence-corrected chi connectivity index (χ2v) is 3.03. The van der Waals surface area contributed by atoms with E-state index in [1.807, 2.05) is 0 Å². The van der Waals surface area contributed by atoms with Crippen LogP contribution >= 0.6 is 0 Å². The van der Waals surface area contributed by atoms with Crippen LogP contribution in [0.3, 0.4) is 0 Å². The molecule has 0 aliphatic heterocycles. The van der Waals surface area contributed by atoms with E-state index < -0.39 is 17.8 Å². The van der Waals surface area contributed by atoms with E-state index >= 15 is 0 Å². The topological polar surface area (TPSA) is 57.6 Å². The average Bonchev–Trinajstić information content (AvgIpc) is 2.20. The highest BCUT2D eigenvalue weighted by Gasteiger charge is 2.26. The van der Waals surface area contributed by atoms with Gasteiger partial charge in [-0.25, -0.2) is 9.18 Å². The molecule has 1 amide bonds. The number of amides is 1. The smallest absolute Gasteiger partial charge is 0.331 e. The summed E-state index contributed by atoms with van der Waals surface area (Å²) in [6, 6.07) is 4.19. The van der Waals surface area contributed by atoms with Crippen LogP contribution in [0.25, 0.3) is 0 Å². The quantitative estimate of drug-likeness (QED) is 0.757. The van der Waals surface area contributed by atoms with Gasteiger partial charge in [0.2, 0.25) is 6.41 Å². The molecule has 1 atom stereocenters. The predicted molar refractivity (Wildman–Crippen MR) is 50.6 cm³/mol. The largest absolute Gasteiger partial charge is 0.479 e. The van der Waals surface area contributed by atoms with Crippen LogP contribution in [0.4, 0.5) is 4.39 Å². The van der Waals surface area contributed by atoms with Crippen molar-refractivity contribution in [1.29, 1.82) is 0 Å². The molecule has 0 saturated carbocycles. The monoisotopic (exact) mass is 211 g/mol. The van der Waals surface area contributed by atoms with Crippen LogP contribution < -0.4 is 0 Å². The summed E-state index contributed by atoms with van der Waals surface area (Å²) in [5.41, 5.74) is -0.0281. The van der Waals surface area contributed by atoms with E-state index in [1.54, 1.807) is 0 Å². The van der Waals surface area contributed by atoms with Gasteiger partial charge in [0.1, 0.15) is 5.82 Å². The van der Waals surface area contributed by atoms with Crippen LogP contribution in [0.15, 0.2) is 24.3 Å². The van der Waals surface area contributed by atoms with Crippen molar-refractivity contribution in [2.45, 2.75) is 6.04 Å². The number of carboxylic acid groups (broad SMARTS) is 1. The number of hydrogen-bond donors (Lipinski definition) is 1. The molecule has 0 radical (unpaired) electrons. The molecule has 0 aliphatic rings. The first-order chi connectivity index (χ1) is 7.07. The van der Waals surface area contributed by atoms with Crippen molar-refractivity contribution in [3.8, 4) is 0 Å². The molecule has 1 unspecified atom stereocenters. The maximum atomic E-state index is 13.3. The molecule has 0 heterocycles. The number of carboxylic acids is 1. The van der Waals surface area contributed by atoms with E-state index in [9.17, 15) is 14.0 Å². The summed E-state index contributed by atoms with van der Waals surface area (Å²) < 4.78 is 13.3. The van der Waals surface area contributed by atoms with Gasteiger partial charge in [0.15, 0.2) is 6.04 Å². The van der Waals surface area contributed by atoms with Crippen LogP contribution in [0, 0.1) is 5.82 Å². The zero-order chi connectivity index (χ0) is 11.4. The number of rotatable bonds is 4. The summed E-state index contributed by atoms with van der Waals surface area (Å²) in [5, 5.41) is 8.89. The standard InChI is InChI=1S/C10H10FNO3/c1-12(6-13)9(10(14)15)7-4-2-3-5-8(7)11/h2-6,9H,1H3,(H,14,15). The predicted octanol–water partition coefficient (Wildman–Crippen LogP) is 1.04. The number of carbonyl (C=O) groups excluding carboxylic acids is 1. The lowest BCUT2D eigenvalue weighted by atomic mass is 10.1. The van der Waals surface area contributed by atoms with Crippen LogP contribution in [0.2, 0.25) is 0 Å². The third kappa shape index (κ3) is 2.31. The van der Waals surface area contributed by atoms with Gasteiger partial charge in [-0.2, -0.15) is 0 Å². The van der Waals surface area contributed by atoms with Crippen molar-refractivity contribution >= 4 is 12.4 Å². The van der Waals surface area contributed by atoms with Gasteiger partial charge < -0.3 is 10.0 Å². The Kier molecular flexibility index (Phi) is 3.38. The fourth-order valence-corrected chi connectivity index (χ4v) is 1.28. The maximum Gasteiger partial charge on any atom is 0.331 e. The molecule has 1 aromatic rings. The minimum Gasteiger partial charge on any atom is -0.479 e. The minimum absolute atomic E-state index is 0.0281. The Morgan fingerprint density at radius 3 is 2.60 bits per heavy atom. The van der Waals surface area contributed by atoms with Crippen molar-refractivity contribution in [2.75, 3.05) is 7.05 Å². The first kappa shape index (κ1) is 11.2. The molecule has 80 valence electrons. The van der Waals surface area contributed by atoms with E-state index in [0.29, 0.717) is 6.41 Å². The lowest BCUT2D eigenvalue weighted by Crippen LogP contribution is -2.30. The maximum absolute atomic E-state index is 13.3. The van der Waals surface area contributed by atoms with Crippen molar-refractivity contribution in [3.05, 3.63) is 35.6 Å². The molecular formula is C10H10FNO3. The molecule has 0 bridgehead atoms. The summed E-state index contributed by atoms with van der Waals surface area (Å²) in [6.07, 6.45) is 0.352. The number of aliphatic carboxylic acids is 1. The van der Waals surface area contributed by atoms with Gasteiger partial charge in [0.05, 0.1) is 0 Å². The summed E-state index contributed by atoms with van der Waals surface area (Å²) >= 11 is 0. The van der Waals surface area contributed by atoms with Crippen molar-refractivity contribution in [1.82, 2.24) is 4.90 Å². The van der Waals surface area contributed by atoms with Gasteiger partial charge >= 0.3 is 5.97 Å². The molecule has 1 N–H and O–H groups in total. The highest BCUT2D eigenvalue weighted by Crippen LogP contribution is 2.21.